The number of H-pyrrole nitrogens is 2. The van der Waals surface area contributed by atoms with E-state index in [9.17, 15) is 18.7 Å². The first kappa shape index (κ1) is 31.3. The fraction of sp³-hybridized carbons (Fsp3) is 0.524. The van der Waals surface area contributed by atoms with E-state index in [2.05, 4.69) is 29.9 Å². The molecule has 0 spiro atoms. The average molecular weight is 681 g/mol. The molecule has 4 unspecified atom stereocenters. The largest absolute Gasteiger partial charge is 0.369 e. The first-order chi connectivity index (χ1) is 21.7. The van der Waals surface area contributed by atoms with E-state index in [1.807, 2.05) is 0 Å². The Morgan fingerprint density at radius 2 is 1.30 bits per heavy atom. The van der Waals surface area contributed by atoms with Crippen molar-refractivity contribution in [3.8, 4) is 0 Å². The molecule has 3 aliphatic rings. The number of aromatic nitrogens is 8. The number of nitrogens with one attached hydrogen (secondary N) is 2. The van der Waals surface area contributed by atoms with E-state index in [4.69, 9.17) is 48.4 Å². The van der Waals surface area contributed by atoms with Crippen molar-refractivity contribution in [1.29, 1.82) is 0 Å². The highest BCUT2D eigenvalue weighted by molar-refractivity contribution is 7.79. The van der Waals surface area contributed by atoms with Gasteiger partial charge >= 0.3 is 0 Å². The Morgan fingerprint density at radius 3 is 1.80 bits per heavy atom. The smallest absolute Gasteiger partial charge is 0.280 e. The Kier molecular flexibility index (Phi) is 7.60. The van der Waals surface area contributed by atoms with E-state index >= 15 is 8.78 Å². The number of halogens is 2. The molecule has 25 heteroatoms. The van der Waals surface area contributed by atoms with E-state index in [1.165, 1.54) is 6.92 Å². The van der Waals surface area contributed by atoms with Crippen LogP contribution in [0, 0.1) is 6.92 Å². The van der Waals surface area contributed by atoms with Crippen LogP contribution in [0.1, 0.15) is 18.3 Å². The summed E-state index contributed by atoms with van der Waals surface area (Å²) < 4.78 is 93.4. The third-order valence-corrected chi connectivity index (χ3v) is 9.55. The topological polar surface area (TPSA) is 243 Å². The number of fused-ring (bicyclic) bond motifs is 4. The number of nitrogens with zero attached hydrogens (tertiary/aromatic N) is 6. The molecule has 4 radical (unpaired) electrons. The maximum Gasteiger partial charge on any atom is 0.280 e. The van der Waals surface area contributed by atoms with E-state index in [-0.39, 0.29) is 34.1 Å². The minimum absolute atomic E-state index is 0.0335. The van der Waals surface area contributed by atoms with E-state index in [0.717, 1.165) is 21.8 Å². The normalized spacial score (nSPS) is 37.1. The second-order valence-electron chi connectivity index (χ2n) is 10.6. The summed E-state index contributed by atoms with van der Waals surface area (Å²) in [6, 6.07) is 0. The van der Waals surface area contributed by atoms with Crippen molar-refractivity contribution in [3.05, 3.63) is 39.2 Å². The molecule has 7 heterocycles. The highest BCUT2D eigenvalue weighted by Gasteiger charge is 2.53. The lowest BCUT2D eigenvalue weighted by atomic mass is 10.1. The van der Waals surface area contributed by atoms with Crippen LogP contribution in [0.25, 0.3) is 22.3 Å². The molecule has 46 heavy (non-hydrogen) atoms. The second kappa shape index (κ2) is 11.2. The zero-order chi connectivity index (χ0) is 32.7. The van der Waals surface area contributed by atoms with Crippen LogP contribution in [-0.4, -0.2) is 104 Å². The van der Waals surface area contributed by atoms with Gasteiger partial charge in [0, 0.05) is 0 Å². The monoisotopic (exact) mass is 681 g/mol. The van der Waals surface area contributed by atoms with Crippen LogP contribution < -0.4 is 16.9 Å². The fourth-order valence-corrected chi connectivity index (χ4v) is 7.48. The SMILES string of the molecule is [B]P1(=O)OC[C@H]2O[C@@H](n3cnc4c(=O)[nH]c(N)nc43)C(F)[C@H]2OP([B])(=O)OC[C@H]2O[C@@H](n3cnc4c(=O)[nH]c(C)nc43)[C@@H](F)C2O1. The lowest BCUT2D eigenvalue weighted by Crippen LogP contribution is -2.37. The molecule has 19 nitrogen and oxygen atoms in total. The second-order valence-corrected chi connectivity index (χ2v) is 13.7. The summed E-state index contributed by atoms with van der Waals surface area (Å²) in [5.41, 5.74) is 3.85. The molecular formula is C21H21B2F2N9O10P2. The molecule has 7 rings (SSSR count). The van der Waals surface area contributed by atoms with Gasteiger partial charge in [0.05, 0.1) is 25.9 Å². The molecule has 3 saturated heterocycles. The fourth-order valence-electron chi connectivity index (χ4n) is 5.46. The first-order valence-corrected chi connectivity index (χ1v) is 16.6. The Bertz CT molecular complexity index is 1920. The molecule has 240 valence electrons. The van der Waals surface area contributed by atoms with Crippen LogP contribution in [0.15, 0.2) is 22.2 Å². The molecule has 3 fully saturated rings. The number of hydrogen-bond acceptors (Lipinski definition) is 15. The van der Waals surface area contributed by atoms with Gasteiger partial charge in [-0.15, -0.1) is 0 Å². The predicted molar refractivity (Wildman–Crippen MR) is 151 cm³/mol. The number of alkyl halides is 2. The number of rotatable bonds is 2. The van der Waals surface area contributed by atoms with Gasteiger partial charge in [-0.05, 0) is 6.92 Å². The number of anilines is 1. The first-order valence-electron chi connectivity index (χ1n) is 13.4. The molecule has 0 amide bonds. The summed E-state index contributed by atoms with van der Waals surface area (Å²) in [6.45, 7) is -0.0825. The minimum Gasteiger partial charge on any atom is -0.369 e. The Hall–Kier alpha value is -3.29. The van der Waals surface area contributed by atoms with E-state index in [1.54, 1.807) is 0 Å². The number of nitrogen functional groups attached to an aromatic ring is 1. The maximum atomic E-state index is 16.0. The number of imidazole rings is 2. The van der Waals surface area contributed by atoms with Gasteiger partial charge in [-0.3, -0.25) is 32.8 Å². The van der Waals surface area contributed by atoms with Gasteiger partial charge in [-0.2, -0.15) is 4.98 Å². The van der Waals surface area contributed by atoms with Crippen molar-refractivity contribution in [2.75, 3.05) is 18.9 Å². The molecule has 0 aliphatic carbocycles. The molecular weight excluding hydrogens is 660 g/mol. The number of aromatic amines is 2. The van der Waals surface area contributed by atoms with Crippen LogP contribution in [-0.2, 0) is 36.7 Å². The molecule has 4 aromatic heterocycles. The van der Waals surface area contributed by atoms with Crippen molar-refractivity contribution < 1.29 is 45.5 Å². The number of aryl methyl sites for hydroxylation is 1. The van der Waals surface area contributed by atoms with Gasteiger partial charge < -0.3 is 38.3 Å². The van der Waals surface area contributed by atoms with Gasteiger partial charge in [0.15, 0.2) is 47.1 Å². The highest BCUT2D eigenvalue weighted by Crippen LogP contribution is 2.54. The van der Waals surface area contributed by atoms with Gasteiger partial charge in [0.1, 0.15) is 30.2 Å². The number of hydrogen-bond donors (Lipinski definition) is 3. The average Bonchev–Trinajstić information content (AvgIpc) is 3.72. The quantitative estimate of drug-likeness (QED) is 0.186. The van der Waals surface area contributed by atoms with Gasteiger partial charge in [0.25, 0.3) is 26.1 Å². The highest BCUT2D eigenvalue weighted by atomic mass is 31.2. The zero-order valence-electron chi connectivity index (χ0n) is 23.3. The molecule has 0 aromatic carbocycles. The summed E-state index contributed by atoms with van der Waals surface area (Å²) in [7, 11) is 2.26. The summed E-state index contributed by atoms with van der Waals surface area (Å²) in [5.74, 6) is -0.0847. The maximum absolute atomic E-state index is 16.0. The van der Waals surface area contributed by atoms with Crippen LogP contribution in [0.3, 0.4) is 0 Å². The van der Waals surface area contributed by atoms with Gasteiger partial charge in [-0.25, -0.2) is 23.7 Å². The molecule has 0 bridgehead atoms. The summed E-state index contributed by atoms with van der Waals surface area (Å²) in [6.07, 6.45) is -11.9. The van der Waals surface area contributed by atoms with Crippen LogP contribution >= 0.6 is 14.9 Å². The molecule has 0 saturated carbocycles. The molecule has 4 N–H and O–H groups in total. The lowest BCUT2D eigenvalue weighted by molar-refractivity contribution is -0.0548. The van der Waals surface area contributed by atoms with Crippen molar-refractivity contribution in [2.45, 2.75) is 56.1 Å². The van der Waals surface area contributed by atoms with Gasteiger partial charge in [-0.1, -0.05) is 0 Å². The van der Waals surface area contributed by atoms with E-state index < -0.39 is 88.5 Å². The van der Waals surface area contributed by atoms with Crippen LogP contribution in [0.5, 0.6) is 0 Å². The van der Waals surface area contributed by atoms with E-state index in [0.29, 0.717) is 0 Å². The zero-order valence-corrected chi connectivity index (χ0v) is 25.1. The van der Waals surface area contributed by atoms with Crippen LogP contribution in [0.4, 0.5) is 14.7 Å². The minimum atomic E-state index is -4.67. The summed E-state index contributed by atoms with van der Waals surface area (Å²) in [4.78, 5) is 45.2. The van der Waals surface area contributed by atoms with Crippen molar-refractivity contribution in [3.63, 3.8) is 0 Å². The summed E-state index contributed by atoms with van der Waals surface area (Å²) >= 11 is 0. The van der Waals surface area contributed by atoms with Gasteiger partial charge in [0.2, 0.25) is 21.1 Å². The number of ether oxygens (including phenoxy) is 2. The standard InChI is InChI=1S/C21H21B2F2N9O10P2/c1-6-29-15-11(17(35)30-6)27-4-33(15)19-9(24)13-7(41-19)2-39-46(23,38)44-14-8(3-40-45(22,37)43-13)42-20(10(14)25)34-5-28-12-16(34)31-21(26)32-18(12)36/h4-5,7-10,13-14,19-20H,2-3H2,1H3,(H,29,30,35)(H3,26,31,32,36)/t7-,8-,9+,10?,13?,14+,19-,20-,45?,46?/m1/s1. The Balaban J connectivity index is 1.18. The Morgan fingerprint density at radius 1 is 0.848 bits per heavy atom. The van der Waals surface area contributed by atoms with Crippen molar-refractivity contribution in [2.24, 2.45) is 0 Å². The van der Waals surface area contributed by atoms with Crippen molar-refractivity contribution >= 4 is 58.4 Å². The Labute approximate surface area is 257 Å². The number of nitrogens with two attached hydrogens (primary N) is 1. The van der Waals surface area contributed by atoms with Crippen LogP contribution in [0.2, 0.25) is 0 Å². The third-order valence-electron chi connectivity index (χ3n) is 7.46. The summed E-state index contributed by atoms with van der Waals surface area (Å²) in [5, 5.41) is 0. The molecule has 10 atom stereocenters. The lowest BCUT2D eigenvalue weighted by Gasteiger charge is -2.29. The molecule has 3 aliphatic heterocycles. The predicted octanol–water partition coefficient (Wildman–Crippen LogP) is -0.0152. The van der Waals surface area contributed by atoms with Crippen molar-refractivity contribution in [1.82, 2.24) is 39.0 Å². The third kappa shape index (κ3) is 5.43. The molecule has 4 aromatic rings.